The molecule has 2 fully saturated rings. The van der Waals surface area contributed by atoms with E-state index in [0.29, 0.717) is 6.54 Å². The Labute approximate surface area is 238 Å². The molecular weight excluding hydrogens is 560 g/mol. The summed E-state index contributed by atoms with van der Waals surface area (Å²) in [4.78, 5) is 27.3. The van der Waals surface area contributed by atoms with Crippen LogP contribution in [-0.2, 0) is 26.0 Å². The molecule has 3 heterocycles. The summed E-state index contributed by atoms with van der Waals surface area (Å²) in [5.74, 6) is -2.70. The van der Waals surface area contributed by atoms with E-state index in [-0.39, 0.29) is 66.8 Å². The number of piperazine rings is 1. The van der Waals surface area contributed by atoms with Gasteiger partial charge in [-0.2, -0.15) is 4.31 Å². The first-order chi connectivity index (χ1) is 19.4. The molecule has 2 amide bonds. The highest BCUT2D eigenvalue weighted by Gasteiger charge is 2.40. The zero-order valence-electron chi connectivity index (χ0n) is 23.4. The molecule has 226 valence electrons. The first-order valence-corrected chi connectivity index (χ1v) is 15.2. The largest absolute Gasteiger partial charge is 0.389 e. The van der Waals surface area contributed by atoms with Crippen molar-refractivity contribution in [3.8, 4) is 0 Å². The molecule has 11 nitrogen and oxygen atoms in total. The number of aromatic nitrogens is 1. The number of hydrogen-bond donors (Lipinski definition) is 3. The molecule has 2 saturated heterocycles. The minimum absolute atomic E-state index is 0.0259. The summed E-state index contributed by atoms with van der Waals surface area (Å²) in [6, 6.07) is 1.09. The van der Waals surface area contributed by atoms with Gasteiger partial charge in [0.05, 0.1) is 18.1 Å². The van der Waals surface area contributed by atoms with Crippen LogP contribution in [0.4, 0.5) is 8.78 Å². The lowest BCUT2D eigenvalue weighted by Gasteiger charge is -2.38. The number of unbranched alkanes of at least 4 members (excludes halogenated alkanes) is 1. The summed E-state index contributed by atoms with van der Waals surface area (Å²) in [6.45, 7) is 6.03. The van der Waals surface area contributed by atoms with Crippen LogP contribution in [0.1, 0.15) is 43.2 Å². The van der Waals surface area contributed by atoms with Gasteiger partial charge in [0.15, 0.2) is 5.76 Å². The highest BCUT2D eigenvalue weighted by molar-refractivity contribution is 7.89. The number of carbonyl (C=O) groups excluding carboxylic acids is 2. The molecule has 2 aromatic rings. The monoisotopic (exact) mass is 597 g/mol. The van der Waals surface area contributed by atoms with Gasteiger partial charge < -0.3 is 25.2 Å². The number of hydrogen-bond acceptors (Lipinski definition) is 8. The number of halogens is 2. The van der Waals surface area contributed by atoms with Gasteiger partial charge in [-0.3, -0.25) is 9.59 Å². The van der Waals surface area contributed by atoms with Crippen LogP contribution in [0.2, 0.25) is 0 Å². The van der Waals surface area contributed by atoms with E-state index >= 15 is 0 Å². The molecule has 1 aromatic carbocycles. The molecule has 0 saturated carbocycles. The summed E-state index contributed by atoms with van der Waals surface area (Å²) >= 11 is 0. The number of likely N-dealkylation sites (tertiary alicyclic amines) is 1. The molecule has 0 bridgehead atoms. The number of carbonyl (C=O) groups is 2. The zero-order valence-corrected chi connectivity index (χ0v) is 24.2. The topological polar surface area (TPSA) is 145 Å². The van der Waals surface area contributed by atoms with E-state index in [1.165, 1.54) is 18.2 Å². The van der Waals surface area contributed by atoms with Crippen molar-refractivity contribution in [2.24, 2.45) is 5.92 Å². The second-order valence-corrected chi connectivity index (χ2v) is 12.6. The molecule has 14 heteroatoms. The van der Waals surface area contributed by atoms with Gasteiger partial charge in [-0.1, -0.05) is 18.5 Å². The van der Waals surface area contributed by atoms with E-state index in [1.54, 1.807) is 4.90 Å². The Balaban J connectivity index is 1.54. The SMILES string of the molecule is CCCCN1CC(C(=O)NC(Cc2cc(F)cc(F)c2)[C@H](O)[C@H]2CN(S(=O)(=O)c3c(C)noc3C)CCN2)CC1=O. The fourth-order valence-electron chi connectivity index (χ4n) is 5.50. The van der Waals surface area contributed by atoms with Crippen molar-refractivity contribution in [1.29, 1.82) is 0 Å². The number of rotatable bonds is 11. The molecule has 0 aliphatic carbocycles. The summed E-state index contributed by atoms with van der Waals surface area (Å²) in [6.07, 6.45) is 0.263. The van der Waals surface area contributed by atoms with Crippen molar-refractivity contribution in [3.63, 3.8) is 0 Å². The highest BCUT2D eigenvalue weighted by atomic mass is 32.2. The van der Waals surface area contributed by atoms with Gasteiger partial charge in [-0.05, 0) is 44.4 Å². The maximum Gasteiger partial charge on any atom is 0.248 e. The average Bonchev–Trinajstić information content (AvgIpc) is 3.47. The van der Waals surface area contributed by atoms with Gasteiger partial charge in [0.2, 0.25) is 21.8 Å². The summed E-state index contributed by atoms with van der Waals surface area (Å²) in [7, 11) is -4.00. The number of nitrogens with zero attached hydrogens (tertiary/aromatic N) is 3. The van der Waals surface area contributed by atoms with E-state index in [4.69, 9.17) is 4.52 Å². The predicted octanol–water partition coefficient (Wildman–Crippen LogP) is 1.27. The number of aliphatic hydroxyl groups is 1. The first-order valence-electron chi connectivity index (χ1n) is 13.8. The molecule has 2 aliphatic rings. The van der Waals surface area contributed by atoms with Crippen molar-refractivity contribution in [3.05, 3.63) is 46.9 Å². The van der Waals surface area contributed by atoms with Crippen LogP contribution in [0.15, 0.2) is 27.6 Å². The Morgan fingerprint density at radius 2 is 1.95 bits per heavy atom. The van der Waals surface area contributed by atoms with Crippen molar-refractivity contribution >= 4 is 21.8 Å². The molecule has 0 spiro atoms. The van der Waals surface area contributed by atoms with Crippen LogP contribution in [0, 0.1) is 31.4 Å². The van der Waals surface area contributed by atoms with Crippen molar-refractivity contribution in [2.45, 2.75) is 69.5 Å². The lowest BCUT2D eigenvalue weighted by atomic mass is 9.94. The molecular formula is C27H37F2N5O6S. The van der Waals surface area contributed by atoms with Gasteiger partial charge in [0, 0.05) is 51.3 Å². The van der Waals surface area contributed by atoms with Crippen LogP contribution >= 0.6 is 0 Å². The van der Waals surface area contributed by atoms with Crippen molar-refractivity contribution < 1.29 is 36.4 Å². The molecule has 1 aromatic heterocycles. The van der Waals surface area contributed by atoms with Gasteiger partial charge in [-0.25, -0.2) is 17.2 Å². The number of aliphatic hydroxyl groups excluding tert-OH is 1. The van der Waals surface area contributed by atoms with E-state index in [2.05, 4.69) is 15.8 Å². The normalized spacial score (nSPS) is 21.7. The van der Waals surface area contributed by atoms with Gasteiger partial charge >= 0.3 is 0 Å². The average molecular weight is 598 g/mol. The van der Waals surface area contributed by atoms with Crippen LogP contribution in [0.3, 0.4) is 0 Å². The molecule has 4 atom stereocenters. The molecule has 4 rings (SSSR count). The van der Waals surface area contributed by atoms with Crippen LogP contribution in [0.5, 0.6) is 0 Å². The first kappa shape index (κ1) is 31.0. The third kappa shape index (κ3) is 7.11. The third-order valence-corrected chi connectivity index (χ3v) is 9.74. The Morgan fingerprint density at radius 3 is 2.59 bits per heavy atom. The molecule has 3 N–H and O–H groups in total. The van der Waals surface area contributed by atoms with Crippen LogP contribution < -0.4 is 10.6 Å². The Kier molecular flexibility index (Phi) is 9.77. The van der Waals surface area contributed by atoms with Gasteiger partial charge in [0.25, 0.3) is 0 Å². The highest BCUT2D eigenvalue weighted by Crippen LogP contribution is 2.26. The minimum atomic E-state index is -4.00. The van der Waals surface area contributed by atoms with Gasteiger partial charge in [-0.15, -0.1) is 0 Å². The number of aryl methyl sites for hydroxylation is 2. The Morgan fingerprint density at radius 1 is 1.24 bits per heavy atom. The fourth-order valence-corrected chi connectivity index (χ4v) is 7.26. The smallest absolute Gasteiger partial charge is 0.248 e. The van der Waals surface area contributed by atoms with E-state index in [1.807, 2.05) is 6.92 Å². The van der Waals surface area contributed by atoms with Crippen molar-refractivity contribution in [2.75, 3.05) is 32.7 Å². The summed E-state index contributed by atoms with van der Waals surface area (Å²) in [5.41, 5.74) is 0.422. The lowest BCUT2D eigenvalue weighted by Crippen LogP contribution is -2.62. The second-order valence-electron chi connectivity index (χ2n) is 10.8. The quantitative estimate of drug-likeness (QED) is 0.351. The van der Waals surface area contributed by atoms with E-state index in [0.717, 1.165) is 31.0 Å². The number of benzene rings is 1. The molecule has 2 aliphatic heterocycles. The maximum absolute atomic E-state index is 14.0. The molecule has 0 radical (unpaired) electrons. The third-order valence-electron chi connectivity index (χ3n) is 7.63. The predicted molar refractivity (Wildman–Crippen MR) is 144 cm³/mol. The maximum atomic E-state index is 14.0. The Bertz CT molecular complexity index is 1330. The fraction of sp³-hybridized carbons (Fsp3) is 0.593. The number of amides is 2. The number of sulfonamides is 1. The number of nitrogens with one attached hydrogen (secondary N) is 2. The second kappa shape index (κ2) is 12.9. The van der Waals surface area contributed by atoms with Crippen LogP contribution in [0.25, 0.3) is 0 Å². The minimum Gasteiger partial charge on any atom is -0.389 e. The van der Waals surface area contributed by atoms with E-state index < -0.39 is 51.7 Å². The standard InChI is InChI=1S/C27H37F2N5O6S/c1-4-5-7-33-14-19(12-24(33)35)27(37)31-22(11-18-9-20(28)13-21(29)10-18)25(36)23-15-34(8-6-30-23)41(38,39)26-16(2)32-40-17(26)3/h9-10,13,19,22-23,25,30,36H,4-8,11-12,14-15H2,1-3H3,(H,31,37)/t19?,22?,23-,25+/m1/s1. The van der Waals surface area contributed by atoms with Crippen molar-refractivity contribution in [1.82, 2.24) is 25.0 Å². The summed E-state index contributed by atoms with van der Waals surface area (Å²) in [5, 5.41) is 21.1. The van der Waals surface area contributed by atoms with E-state index in [9.17, 15) is 31.9 Å². The summed E-state index contributed by atoms with van der Waals surface area (Å²) < 4.78 is 61.0. The zero-order chi connectivity index (χ0) is 29.9. The lowest BCUT2D eigenvalue weighted by molar-refractivity contribution is -0.129. The van der Waals surface area contributed by atoms with Gasteiger partial charge in [0.1, 0.15) is 22.2 Å². The molecule has 2 unspecified atom stereocenters. The van der Waals surface area contributed by atoms with Crippen LogP contribution in [-0.4, -0.2) is 90.6 Å². The Hall–Kier alpha value is -2.94. The molecule has 41 heavy (non-hydrogen) atoms.